The van der Waals surface area contributed by atoms with Crippen molar-refractivity contribution >= 4 is 11.8 Å². The number of aliphatic hydroxyl groups is 1. The van der Waals surface area contributed by atoms with Gasteiger partial charge in [0.1, 0.15) is 0 Å². The van der Waals surface area contributed by atoms with E-state index in [1.165, 1.54) is 11.8 Å². The van der Waals surface area contributed by atoms with Gasteiger partial charge in [-0.15, -0.1) is 11.8 Å². The van der Waals surface area contributed by atoms with Crippen molar-refractivity contribution in [2.45, 2.75) is 12.5 Å². The summed E-state index contributed by atoms with van der Waals surface area (Å²) >= 11 is 1.32. The normalized spacial score (nSPS) is 14.5. The van der Waals surface area contributed by atoms with Crippen LogP contribution in [-0.2, 0) is 0 Å². The number of hydrogen-bond donors (Lipinski definition) is 2. The first-order chi connectivity index (χ1) is 2.77. The Hall–Kier alpha value is 0.270. The Bertz CT molecular complexity index is 32.0. The lowest BCUT2D eigenvalue weighted by Crippen LogP contribution is -2.13. The van der Waals surface area contributed by atoms with Crippen LogP contribution in [0.4, 0.5) is 0 Å². The number of nitrogens with two attached hydrogens (primary N) is 1. The number of rotatable bonds is 2. The van der Waals surface area contributed by atoms with Gasteiger partial charge in [-0.1, -0.05) is 6.92 Å². The molecular weight excluding hydrogens is 98.1 g/mol. The Morgan fingerprint density at radius 2 is 2.50 bits per heavy atom. The van der Waals surface area contributed by atoms with Crippen LogP contribution < -0.4 is 5.73 Å². The predicted molar refractivity (Wildman–Crippen MR) is 28.3 cm³/mol. The number of aliphatic hydroxyl groups excluding tert-OH is 1. The molecule has 0 radical (unpaired) electrons. The fraction of sp³-hybridized carbons (Fsp3) is 1.00. The minimum absolute atomic E-state index is 0.685. The lowest BCUT2D eigenvalue weighted by molar-refractivity contribution is 0.272. The first-order valence-corrected chi connectivity index (χ1v) is 2.87. The third-order valence-electron chi connectivity index (χ3n) is 0.337. The third kappa shape index (κ3) is 4.27. The Kier molecular flexibility index (Phi) is 3.62. The average molecular weight is 107 g/mol. The summed E-state index contributed by atoms with van der Waals surface area (Å²) in [6, 6.07) is 0. The first-order valence-electron chi connectivity index (χ1n) is 1.82. The van der Waals surface area contributed by atoms with E-state index in [0.717, 1.165) is 5.75 Å². The Balaban J connectivity index is 2.63. The molecule has 0 heterocycles. The minimum atomic E-state index is -0.685. The molecule has 0 spiro atoms. The molecule has 0 amide bonds. The van der Waals surface area contributed by atoms with Crippen molar-refractivity contribution in [1.82, 2.24) is 0 Å². The van der Waals surface area contributed by atoms with Crippen LogP contribution in [0.5, 0.6) is 0 Å². The van der Waals surface area contributed by atoms with Gasteiger partial charge >= 0.3 is 0 Å². The van der Waals surface area contributed by atoms with E-state index >= 15 is 0 Å². The van der Waals surface area contributed by atoms with Gasteiger partial charge in [0, 0.05) is 0 Å². The summed E-state index contributed by atoms with van der Waals surface area (Å²) in [4.78, 5) is 0. The molecule has 0 unspecified atom stereocenters. The highest BCUT2D eigenvalue weighted by Gasteiger charge is 1.87. The summed E-state index contributed by atoms with van der Waals surface area (Å²) in [5, 5.41) is 8.29. The molecule has 3 N–H and O–H groups in total. The molecule has 0 rings (SSSR count). The third-order valence-corrected chi connectivity index (χ3v) is 1.01. The average Bonchev–Trinajstić information content (AvgIpc) is 1.35. The standard InChI is InChI=1S/C3H9NOS/c1-2-6-3(4)5/h3,5H,2,4H2,1H3/t3-/m0/s1. The van der Waals surface area contributed by atoms with Crippen molar-refractivity contribution in [2.75, 3.05) is 5.75 Å². The topological polar surface area (TPSA) is 46.2 Å². The maximum atomic E-state index is 8.29. The van der Waals surface area contributed by atoms with E-state index in [4.69, 9.17) is 10.8 Å². The molecule has 6 heavy (non-hydrogen) atoms. The molecule has 0 aliphatic carbocycles. The maximum absolute atomic E-state index is 8.29. The van der Waals surface area contributed by atoms with Crippen molar-refractivity contribution in [3.05, 3.63) is 0 Å². The molecule has 0 saturated heterocycles. The minimum Gasteiger partial charge on any atom is -0.369 e. The smallest absolute Gasteiger partial charge is 0.150 e. The molecule has 0 bridgehead atoms. The van der Waals surface area contributed by atoms with Gasteiger partial charge in [-0.2, -0.15) is 0 Å². The number of thioether (sulfide) groups is 1. The van der Waals surface area contributed by atoms with Crippen LogP contribution in [0, 0.1) is 0 Å². The zero-order valence-electron chi connectivity index (χ0n) is 3.72. The van der Waals surface area contributed by atoms with Gasteiger partial charge in [0.05, 0.1) is 0 Å². The zero-order chi connectivity index (χ0) is 4.99. The zero-order valence-corrected chi connectivity index (χ0v) is 4.53. The lowest BCUT2D eigenvalue weighted by Gasteiger charge is -1.96. The molecule has 0 aliphatic heterocycles. The van der Waals surface area contributed by atoms with E-state index in [1.807, 2.05) is 6.92 Å². The highest BCUT2D eigenvalue weighted by atomic mass is 32.2. The largest absolute Gasteiger partial charge is 0.369 e. The predicted octanol–water partition coefficient (Wildman–Crippen LogP) is -0.0259. The van der Waals surface area contributed by atoms with Crippen molar-refractivity contribution in [3.8, 4) is 0 Å². The maximum Gasteiger partial charge on any atom is 0.150 e. The van der Waals surface area contributed by atoms with Crippen LogP contribution in [-0.4, -0.2) is 16.4 Å². The summed E-state index contributed by atoms with van der Waals surface area (Å²) in [6.07, 6.45) is 0. The van der Waals surface area contributed by atoms with Gasteiger partial charge in [0.15, 0.2) is 5.56 Å². The van der Waals surface area contributed by atoms with Gasteiger partial charge in [-0.25, -0.2) is 0 Å². The molecule has 0 aliphatic rings. The summed E-state index contributed by atoms with van der Waals surface area (Å²) in [6.45, 7) is 1.95. The molecular formula is C3H9NOS. The summed E-state index contributed by atoms with van der Waals surface area (Å²) in [5.41, 5.74) is 4.24. The highest BCUT2D eigenvalue weighted by Crippen LogP contribution is 1.98. The quantitative estimate of drug-likeness (QED) is 0.487. The van der Waals surface area contributed by atoms with Crippen molar-refractivity contribution < 1.29 is 5.11 Å². The van der Waals surface area contributed by atoms with E-state index in [1.54, 1.807) is 0 Å². The Morgan fingerprint density at radius 3 is 2.50 bits per heavy atom. The number of hydrogen-bond acceptors (Lipinski definition) is 3. The molecule has 0 saturated carbocycles. The summed E-state index contributed by atoms with van der Waals surface area (Å²) in [5.74, 6) is 0.873. The van der Waals surface area contributed by atoms with Gasteiger partial charge in [-0.3, -0.25) is 5.73 Å². The van der Waals surface area contributed by atoms with Crippen molar-refractivity contribution in [2.24, 2.45) is 5.73 Å². The summed E-state index contributed by atoms with van der Waals surface area (Å²) < 4.78 is 0. The second-order valence-electron chi connectivity index (χ2n) is 0.846. The van der Waals surface area contributed by atoms with Gasteiger partial charge in [0.25, 0.3) is 0 Å². The van der Waals surface area contributed by atoms with Crippen LogP contribution in [0.3, 0.4) is 0 Å². The van der Waals surface area contributed by atoms with E-state index in [-0.39, 0.29) is 0 Å². The van der Waals surface area contributed by atoms with Crippen LogP contribution in [0.15, 0.2) is 0 Å². The van der Waals surface area contributed by atoms with Crippen LogP contribution in [0.1, 0.15) is 6.92 Å². The van der Waals surface area contributed by atoms with Crippen LogP contribution >= 0.6 is 11.8 Å². The second-order valence-corrected chi connectivity index (χ2v) is 2.24. The van der Waals surface area contributed by atoms with E-state index in [2.05, 4.69) is 0 Å². The molecule has 0 aromatic carbocycles. The van der Waals surface area contributed by atoms with E-state index in [0.29, 0.717) is 0 Å². The molecule has 1 atom stereocenters. The fourth-order valence-corrected chi connectivity index (χ4v) is 0.512. The molecule has 2 nitrogen and oxygen atoms in total. The lowest BCUT2D eigenvalue weighted by atomic mass is 11.0. The van der Waals surface area contributed by atoms with Gasteiger partial charge in [-0.05, 0) is 5.75 Å². The molecule has 0 aromatic heterocycles. The van der Waals surface area contributed by atoms with Crippen LogP contribution in [0.25, 0.3) is 0 Å². The summed E-state index contributed by atoms with van der Waals surface area (Å²) in [7, 11) is 0. The molecule has 0 aromatic rings. The second kappa shape index (κ2) is 3.46. The van der Waals surface area contributed by atoms with E-state index in [9.17, 15) is 0 Å². The van der Waals surface area contributed by atoms with Gasteiger partial charge in [0.2, 0.25) is 0 Å². The molecule has 0 fully saturated rings. The monoisotopic (exact) mass is 107 g/mol. The Morgan fingerprint density at radius 1 is 2.00 bits per heavy atom. The van der Waals surface area contributed by atoms with Crippen molar-refractivity contribution in [3.63, 3.8) is 0 Å². The first kappa shape index (κ1) is 6.27. The van der Waals surface area contributed by atoms with Crippen LogP contribution in [0.2, 0.25) is 0 Å². The van der Waals surface area contributed by atoms with Crippen molar-refractivity contribution in [1.29, 1.82) is 0 Å². The van der Waals surface area contributed by atoms with Gasteiger partial charge < -0.3 is 5.11 Å². The SMILES string of the molecule is CCS[C@@H](N)O. The highest BCUT2D eigenvalue weighted by molar-refractivity contribution is 7.99. The molecule has 38 valence electrons. The molecule has 3 heteroatoms. The Labute approximate surface area is 41.7 Å². The fourth-order valence-electron chi connectivity index (χ4n) is 0.171. The van der Waals surface area contributed by atoms with E-state index < -0.39 is 5.56 Å².